The number of nitrogens with zero attached hydrogens (tertiary/aromatic N) is 1. The van der Waals surface area contributed by atoms with Crippen molar-refractivity contribution in [1.29, 1.82) is 0 Å². The molecule has 0 aromatic heterocycles. The molecule has 0 aliphatic rings. The Morgan fingerprint density at radius 2 is 1.85 bits per heavy atom. The first-order chi connectivity index (χ1) is 9.17. The van der Waals surface area contributed by atoms with Gasteiger partial charge in [0.1, 0.15) is 12.4 Å². The summed E-state index contributed by atoms with van der Waals surface area (Å²) in [7, 11) is -3.19. The number of amidine groups is 1. The lowest BCUT2D eigenvalue weighted by molar-refractivity contribution is 0.318. The molecule has 0 aliphatic carbocycles. The second-order valence-corrected chi connectivity index (χ2v) is 8.15. The molecule has 0 atom stereocenters. The molecule has 0 aliphatic heterocycles. The predicted octanol–water partition coefficient (Wildman–Crippen LogP) is 1.37. The number of oxime groups is 1. The number of hydrogen-bond donors (Lipinski definition) is 2. The van der Waals surface area contributed by atoms with E-state index in [1.807, 2.05) is 0 Å². The van der Waals surface area contributed by atoms with Gasteiger partial charge in [-0.2, -0.15) is 0 Å². The van der Waals surface area contributed by atoms with Gasteiger partial charge in [0.05, 0.1) is 10.5 Å². The lowest BCUT2D eigenvalue weighted by Gasteiger charge is -2.19. The van der Waals surface area contributed by atoms with Gasteiger partial charge in [0.2, 0.25) is 0 Å². The van der Waals surface area contributed by atoms with Crippen molar-refractivity contribution in [1.82, 2.24) is 0 Å². The lowest BCUT2D eigenvalue weighted by Crippen LogP contribution is -2.32. The standard InChI is InChI=1S/C13H20N2O4S/c1-13(2,3)20(17,18)9-8-19-11-6-4-10(5-7-11)12(14)15-16/h4-7,16H,8-9H2,1-3H3,(H2,14,15). The predicted molar refractivity (Wildman–Crippen MR) is 78.0 cm³/mol. The first kappa shape index (κ1) is 16.3. The quantitative estimate of drug-likeness (QED) is 0.370. The molecule has 0 amide bonds. The highest BCUT2D eigenvalue weighted by Gasteiger charge is 2.28. The van der Waals surface area contributed by atoms with Gasteiger partial charge in [0.15, 0.2) is 15.7 Å². The van der Waals surface area contributed by atoms with E-state index in [0.717, 1.165) is 0 Å². The van der Waals surface area contributed by atoms with E-state index in [1.54, 1.807) is 45.0 Å². The third-order valence-electron chi connectivity index (χ3n) is 2.81. The highest BCUT2D eigenvalue weighted by Crippen LogP contribution is 2.17. The molecule has 1 rings (SSSR count). The van der Waals surface area contributed by atoms with Crippen LogP contribution in [0.4, 0.5) is 0 Å². The van der Waals surface area contributed by atoms with Crippen molar-refractivity contribution in [2.45, 2.75) is 25.5 Å². The van der Waals surface area contributed by atoms with Crippen molar-refractivity contribution in [2.24, 2.45) is 10.9 Å². The van der Waals surface area contributed by atoms with Crippen LogP contribution in [-0.2, 0) is 9.84 Å². The van der Waals surface area contributed by atoms with Gasteiger partial charge in [0, 0.05) is 5.56 Å². The summed E-state index contributed by atoms with van der Waals surface area (Å²) < 4.78 is 28.4. The Hall–Kier alpha value is -1.76. The number of benzene rings is 1. The van der Waals surface area contributed by atoms with Gasteiger partial charge in [-0.05, 0) is 45.0 Å². The van der Waals surface area contributed by atoms with E-state index in [4.69, 9.17) is 15.7 Å². The van der Waals surface area contributed by atoms with E-state index in [-0.39, 0.29) is 18.2 Å². The monoisotopic (exact) mass is 300 g/mol. The fourth-order valence-electron chi connectivity index (χ4n) is 1.36. The van der Waals surface area contributed by atoms with Crippen LogP contribution in [0.5, 0.6) is 5.75 Å². The van der Waals surface area contributed by atoms with Crippen molar-refractivity contribution in [3.63, 3.8) is 0 Å². The summed E-state index contributed by atoms with van der Waals surface area (Å²) in [5.74, 6) is 0.494. The smallest absolute Gasteiger partial charge is 0.170 e. The first-order valence-electron chi connectivity index (χ1n) is 6.10. The summed E-state index contributed by atoms with van der Waals surface area (Å²) in [6.07, 6.45) is 0. The van der Waals surface area contributed by atoms with Crippen LogP contribution in [0.25, 0.3) is 0 Å². The molecular formula is C13H20N2O4S. The fourth-order valence-corrected chi connectivity index (χ4v) is 2.27. The van der Waals surface area contributed by atoms with Gasteiger partial charge in [-0.1, -0.05) is 5.16 Å². The summed E-state index contributed by atoms with van der Waals surface area (Å²) in [6, 6.07) is 6.53. The van der Waals surface area contributed by atoms with E-state index < -0.39 is 14.6 Å². The Kier molecular flexibility index (Phi) is 4.99. The molecule has 112 valence electrons. The highest BCUT2D eigenvalue weighted by molar-refractivity contribution is 7.92. The topological polar surface area (TPSA) is 102 Å². The van der Waals surface area contributed by atoms with Crippen molar-refractivity contribution in [3.8, 4) is 5.75 Å². The zero-order valence-corrected chi connectivity index (χ0v) is 12.6. The van der Waals surface area contributed by atoms with E-state index in [0.29, 0.717) is 11.3 Å². The third-order valence-corrected chi connectivity index (χ3v) is 5.38. The minimum atomic E-state index is -3.19. The fraction of sp³-hybridized carbons (Fsp3) is 0.462. The van der Waals surface area contributed by atoms with Crippen molar-refractivity contribution in [3.05, 3.63) is 29.8 Å². The molecule has 0 saturated carbocycles. The van der Waals surface area contributed by atoms with Crippen LogP contribution in [0.15, 0.2) is 29.4 Å². The average Bonchev–Trinajstić information content (AvgIpc) is 2.37. The third kappa shape index (κ3) is 4.12. The molecule has 0 spiro atoms. The van der Waals surface area contributed by atoms with E-state index >= 15 is 0 Å². The van der Waals surface area contributed by atoms with Crippen LogP contribution in [0.1, 0.15) is 26.3 Å². The van der Waals surface area contributed by atoms with Crippen molar-refractivity contribution >= 4 is 15.7 Å². The van der Waals surface area contributed by atoms with Crippen LogP contribution >= 0.6 is 0 Å². The second-order valence-electron chi connectivity index (χ2n) is 5.29. The minimum absolute atomic E-state index is 0.00635. The van der Waals surface area contributed by atoms with E-state index in [9.17, 15) is 8.42 Å². The molecule has 0 bridgehead atoms. The summed E-state index contributed by atoms with van der Waals surface area (Å²) in [5.41, 5.74) is 5.99. The molecular weight excluding hydrogens is 280 g/mol. The lowest BCUT2D eigenvalue weighted by atomic mass is 10.2. The molecule has 3 N–H and O–H groups in total. The Morgan fingerprint density at radius 1 is 1.30 bits per heavy atom. The minimum Gasteiger partial charge on any atom is -0.493 e. The summed E-state index contributed by atoms with van der Waals surface area (Å²) in [6.45, 7) is 5.07. The SMILES string of the molecule is CC(C)(C)S(=O)(=O)CCOc1ccc(/C(N)=N/O)cc1. The Morgan fingerprint density at radius 3 is 2.30 bits per heavy atom. The van der Waals surface area contributed by atoms with Gasteiger partial charge in [-0.15, -0.1) is 0 Å². The molecule has 1 aromatic rings. The summed E-state index contributed by atoms with van der Waals surface area (Å²) in [4.78, 5) is 0. The van der Waals surface area contributed by atoms with Gasteiger partial charge in [0.25, 0.3) is 0 Å². The Bertz CT molecular complexity index is 571. The van der Waals surface area contributed by atoms with Crippen molar-refractivity contribution in [2.75, 3.05) is 12.4 Å². The zero-order valence-electron chi connectivity index (χ0n) is 11.8. The summed E-state index contributed by atoms with van der Waals surface area (Å²) in [5, 5.41) is 11.4. The number of nitrogens with two attached hydrogens (primary N) is 1. The maximum absolute atomic E-state index is 11.9. The van der Waals surface area contributed by atoms with Gasteiger partial charge < -0.3 is 15.7 Å². The summed E-state index contributed by atoms with van der Waals surface area (Å²) >= 11 is 0. The molecule has 0 heterocycles. The number of rotatable bonds is 5. The molecule has 0 fully saturated rings. The molecule has 7 heteroatoms. The van der Waals surface area contributed by atoms with Crippen LogP contribution in [0, 0.1) is 0 Å². The molecule has 1 aromatic carbocycles. The Balaban J connectivity index is 2.60. The average molecular weight is 300 g/mol. The maximum Gasteiger partial charge on any atom is 0.170 e. The number of hydrogen-bond acceptors (Lipinski definition) is 5. The van der Waals surface area contributed by atoms with Crippen LogP contribution < -0.4 is 10.5 Å². The molecule has 6 nitrogen and oxygen atoms in total. The second kappa shape index (κ2) is 6.13. The first-order valence-corrected chi connectivity index (χ1v) is 7.75. The maximum atomic E-state index is 11.9. The van der Waals surface area contributed by atoms with E-state index in [1.165, 1.54) is 0 Å². The Labute approximate surface area is 119 Å². The molecule has 0 unspecified atom stereocenters. The number of sulfone groups is 1. The highest BCUT2D eigenvalue weighted by atomic mass is 32.2. The van der Waals surface area contributed by atoms with Crippen LogP contribution in [-0.4, -0.2) is 36.6 Å². The van der Waals surface area contributed by atoms with Crippen LogP contribution in [0.2, 0.25) is 0 Å². The van der Waals surface area contributed by atoms with Crippen molar-refractivity contribution < 1.29 is 18.4 Å². The molecule has 0 radical (unpaired) electrons. The van der Waals surface area contributed by atoms with Gasteiger partial charge in [-0.3, -0.25) is 0 Å². The normalized spacial score (nSPS) is 13.2. The zero-order chi connectivity index (χ0) is 15.4. The largest absolute Gasteiger partial charge is 0.493 e. The van der Waals surface area contributed by atoms with E-state index in [2.05, 4.69) is 5.16 Å². The van der Waals surface area contributed by atoms with Crippen LogP contribution in [0.3, 0.4) is 0 Å². The molecule has 0 saturated heterocycles. The number of ether oxygens (including phenoxy) is 1. The molecule has 20 heavy (non-hydrogen) atoms. The van der Waals surface area contributed by atoms with Gasteiger partial charge in [-0.25, -0.2) is 8.42 Å². The van der Waals surface area contributed by atoms with Gasteiger partial charge >= 0.3 is 0 Å².